The maximum atomic E-state index is 11.2. The Labute approximate surface area is 123 Å². The third kappa shape index (κ3) is 3.57. The van der Waals surface area contributed by atoms with Crippen LogP contribution in [0, 0.1) is 23.0 Å². The lowest BCUT2D eigenvalue weighted by Gasteiger charge is -2.28. The van der Waals surface area contributed by atoms with E-state index < -0.39 is 4.92 Å². The maximum absolute atomic E-state index is 11.2. The Hall–Kier alpha value is -1.96. The van der Waals surface area contributed by atoms with Gasteiger partial charge in [-0.3, -0.25) is 15.5 Å². The molecular formula is C13H21N5O3. The summed E-state index contributed by atoms with van der Waals surface area (Å²) in [5, 5.41) is 11.2. The zero-order valence-electron chi connectivity index (χ0n) is 12.3. The summed E-state index contributed by atoms with van der Waals surface area (Å²) in [5.74, 6) is 6.02. The Morgan fingerprint density at radius 3 is 2.86 bits per heavy atom. The Morgan fingerprint density at radius 2 is 2.24 bits per heavy atom. The second-order valence-electron chi connectivity index (χ2n) is 5.37. The lowest BCUT2D eigenvalue weighted by Crippen LogP contribution is -2.26. The number of rotatable bonds is 5. The van der Waals surface area contributed by atoms with E-state index in [0.717, 1.165) is 25.7 Å². The van der Waals surface area contributed by atoms with Crippen molar-refractivity contribution < 1.29 is 9.66 Å². The molecule has 8 nitrogen and oxygen atoms in total. The maximum Gasteiger partial charge on any atom is 0.352 e. The predicted octanol–water partition coefficient (Wildman–Crippen LogP) is 2.33. The zero-order chi connectivity index (χ0) is 15.4. The first-order valence-electron chi connectivity index (χ1n) is 7.21. The van der Waals surface area contributed by atoms with Crippen LogP contribution in [0.25, 0.3) is 0 Å². The number of nitrogens with one attached hydrogen (secondary N) is 1. The van der Waals surface area contributed by atoms with Crippen LogP contribution in [0.15, 0.2) is 0 Å². The average molecular weight is 295 g/mol. The van der Waals surface area contributed by atoms with E-state index in [0.29, 0.717) is 5.92 Å². The summed E-state index contributed by atoms with van der Waals surface area (Å²) in [4.78, 5) is 18.6. The van der Waals surface area contributed by atoms with Crippen molar-refractivity contribution in [2.45, 2.75) is 52.1 Å². The van der Waals surface area contributed by atoms with Gasteiger partial charge in [0.25, 0.3) is 5.88 Å². The van der Waals surface area contributed by atoms with E-state index >= 15 is 0 Å². The molecule has 21 heavy (non-hydrogen) atoms. The van der Waals surface area contributed by atoms with E-state index in [2.05, 4.69) is 22.3 Å². The van der Waals surface area contributed by atoms with E-state index in [4.69, 9.17) is 10.6 Å². The van der Waals surface area contributed by atoms with Crippen molar-refractivity contribution in [2.24, 2.45) is 11.8 Å². The van der Waals surface area contributed by atoms with Gasteiger partial charge < -0.3 is 4.74 Å². The van der Waals surface area contributed by atoms with Crippen LogP contribution in [-0.4, -0.2) is 21.0 Å². The van der Waals surface area contributed by atoms with Gasteiger partial charge in [0.15, 0.2) is 0 Å². The molecule has 0 amide bonds. The van der Waals surface area contributed by atoms with Gasteiger partial charge in [-0.05, 0) is 32.1 Å². The number of nitrogens with zero attached hydrogens (tertiary/aromatic N) is 3. The average Bonchev–Trinajstić information content (AvgIpc) is 2.46. The third-order valence-electron chi connectivity index (χ3n) is 3.93. The van der Waals surface area contributed by atoms with Crippen LogP contribution in [0.5, 0.6) is 5.88 Å². The second kappa shape index (κ2) is 6.66. The fourth-order valence-corrected chi connectivity index (χ4v) is 2.77. The number of ether oxygens (including phenoxy) is 1. The molecule has 2 atom stereocenters. The van der Waals surface area contributed by atoms with Gasteiger partial charge in [-0.15, -0.1) is 0 Å². The number of anilines is 1. The number of aromatic nitrogens is 2. The molecule has 3 N–H and O–H groups in total. The van der Waals surface area contributed by atoms with Crippen molar-refractivity contribution in [3.63, 3.8) is 0 Å². The second-order valence-corrected chi connectivity index (χ2v) is 5.37. The third-order valence-corrected chi connectivity index (χ3v) is 3.93. The number of nitro groups is 1. The summed E-state index contributed by atoms with van der Waals surface area (Å²) in [7, 11) is 0. The van der Waals surface area contributed by atoms with E-state index in [9.17, 15) is 10.1 Å². The molecule has 0 radical (unpaired) electrons. The SMILES string of the molecule is CCC1CCCC(Oc2nc(NN)nc(C)c2[N+](=O)[O-])C1. The summed E-state index contributed by atoms with van der Waals surface area (Å²) in [6, 6.07) is 0. The van der Waals surface area contributed by atoms with Crippen molar-refractivity contribution in [1.29, 1.82) is 0 Å². The van der Waals surface area contributed by atoms with Gasteiger partial charge in [0, 0.05) is 0 Å². The molecule has 2 rings (SSSR count). The van der Waals surface area contributed by atoms with E-state index in [1.54, 1.807) is 6.92 Å². The van der Waals surface area contributed by atoms with Gasteiger partial charge >= 0.3 is 5.69 Å². The molecule has 1 aromatic rings. The largest absolute Gasteiger partial charge is 0.469 e. The van der Waals surface area contributed by atoms with Gasteiger partial charge in [0.2, 0.25) is 5.95 Å². The highest BCUT2D eigenvalue weighted by Gasteiger charge is 2.28. The molecule has 1 fully saturated rings. The Morgan fingerprint density at radius 1 is 1.48 bits per heavy atom. The van der Waals surface area contributed by atoms with Crippen LogP contribution in [-0.2, 0) is 0 Å². The fraction of sp³-hybridized carbons (Fsp3) is 0.692. The molecule has 1 aromatic heterocycles. The summed E-state index contributed by atoms with van der Waals surface area (Å²) in [6.07, 6.45) is 5.12. The molecule has 1 saturated carbocycles. The molecule has 1 aliphatic carbocycles. The zero-order valence-corrected chi connectivity index (χ0v) is 12.3. The molecule has 0 spiro atoms. The smallest absolute Gasteiger partial charge is 0.352 e. The highest BCUT2D eigenvalue weighted by Crippen LogP contribution is 2.34. The normalized spacial score (nSPS) is 21.9. The number of hydrazine groups is 1. The fourth-order valence-electron chi connectivity index (χ4n) is 2.77. The van der Waals surface area contributed by atoms with Crippen LogP contribution in [0.3, 0.4) is 0 Å². The topological polar surface area (TPSA) is 116 Å². The highest BCUT2D eigenvalue weighted by atomic mass is 16.6. The lowest BCUT2D eigenvalue weighted by atomic mass is 9.85. The molecule has 0 aliphatic heterocycles. The minimum absolute atomic E-state index is 0.00204. The monoisotopic (exact) mass is 295 g/mol. The van der Waals surface area contributed by atoms with Crippen LogP contribution in [0.2, 0.25) is 0 Å². The summed E-state index contributed by atoms with van der Waals surface area (Å²) in [6.45, 7) is 3.70. The number of hydrogen-bond donors (Lipinski definition) is 2. The number of nitrogen functional groups attached to an aromatic ring is 1. The van der Waals surface area contributed by atoms with Crippen LogP contribution in [0.4, 0.5) is 11.6 Å². The van der Waals surface area contributed by atoms with E-state index in [1.165, 1.54) is 6.42 Å². The molecule has 116 valence electrons. The molecular weight excluding hydrogens is 274 g/mol. The van der Waals surface area contributed by atoms with Gasteiger partial charge in [-0.1, -0.05) is 19.8 Å². The van der Waals surface area contributed by atoms with Gasteiger partial charge in [0.1, 0.15) is 11.8 Å². The number of hydrogen-bond acceptors (Lipinski definition) is 7. The quantitative estimate of drug-likeness (QED) is 0.486. The molecule has 8 heteroatoms. The minimum Gasteiger partial charge on any atom is -0.469 e. The molecule has 1 aliphatic rings. The summed E-state index contributed by atoms with van der Waals surface area (Å²) in [5.41, 5.74) is 2.36. The van der Waals surface area contributed by atoms with Gasteiger partial charge in [-0.2, -0.15) is 4.98 Å². The highest BCUT2D eigenvalue weighted by molar-refractivity contribution is 5.48. The molecule has 2 unspecified atom stereocenters. The molecule has 1 heterocycles. The number of nitrogens with two attached hydrogens (primary N) is 1. The van der Waals surface area contributed by atoms with Crippen molar-refractivity contribution >= 4 is 11.6 Å². The Bertz CT molecular complexity index is 523. The van der Waals surface area contributed by atoms with Gasteiger partial charge in [0.05, 0.1) is 4.92 Å². The Kier molecular flexibility index (Phi) is 4.89. The van der Waals surface area contributed by atoms with E-state index in [-0.39, 0.29) is 29.3 Å². The van der Waals surface area contributed by atoms with Crippen molar-refractivity contribution in [2.75, 3.05) is 5.43 Å². The van der Waals surface area contributed by atoms with E-state index in [1.807, 2.05) is 0 Å². The standard InChI is InChI=1S/C13H21N5O3/c1-3-9-5-4-6-10(7-9)21-12-11(18(19)20)8(2)15-13(16-12)17-14/h9-10H,3-7,14H2,1-2H3,(H,15,16,17). The first-order chi connectivity index (χ1) is 10.0. The molecule has 0 saturated heterocycles. The Balaban J connectivity index is 2.25. The molecule has 0 aromatic carbocycles. The van der Waals surface area contributed by atoms with Crippen molar-refractivity contribution in [3.05, 3.63) is 15.8 Å². The summed E-state index contributed by atoms with van der Waals surface area (Å²) < 4.78 is 5.81. The van der Waals surface area contributed by atoms with Crippen LogP contribution in [0.1, 0.15) is 44.7 Å². The first-order valence-corrected chi connectivity index (χ1v) is 7.21. The van der Waals surface area contributed by atoms with Crippen molar-refractivity contribution in [3.8, 4) is 5.88 Å². The number of aryl methyl sites for hydroxylation is 1. The van der Waals surface area contributed by atoms with Crippen LogP contribution >= 0.6 is 0 Å². The molecule has 0 bridgehead atoms. The summed E-state index contributed by atoms with van der Waals surface area (Å²) >= 11 is 0. The van der Waals surface area contributed by atoms with Gasteiger partial charge in [-0.25, -0.2) is 10.8 Å². The minimum atomic E-state index is -0.509. The van der Waals surface area contributed by atoms with Crippen LogP contribution < -0.4 is 16.0 Å². The predicted molar refractivity (Wildman–Crippen MR) is 77.9 cm³/mol. The first kappa shape index (κ1) is 15.4. The van der Waals surface area contributed by atoms with Crippen molar-refractivity contribution in [1.82, 2.24) is 9.97 Å². The lowest BCUT2D eigenvalue weighted by molar-refractivity contribution is -0.387.